The number of amides is 2. The minimum absolute atomic E-state index is 0.0218. The van der Waals surface area contributed by atoms with Crippen LogP contribution in [0, 0.1) is 0 Å². The van der Waals surface area contributed by atoms with E-state index in [4.69, 9.17) is 9.47 Å². The molecule has 114 valence electrons. The van der Waals surface area contributed by atoms with E-state index < -0.39 is 0 Å². The highest BCUT2D eigenvalue weighted by molar-refractivity contribution is 5.86. The van der Waals surface area contributed by atoms with Gasteiger partial charge >= 0.3 is 0 Å². The molecule has 0 atom stereocenters. The van der Waals surface area contributed by atoms with E-state index in [2.05, 4.69) is 5.32 Å². The number of methoxy groups -OCH3 is 1. The van der Waals surface area contributed by atoms with Crippen molar-refractivity contribution in [2.45, 2.75) is 6.42 Å². The van der Waals surface area contributed by atoms with E-state index in [-0.39, 0.29) is 24.8 Å². The first-order valence-corrected chi connectivity index (χ1v) is 6.95. The topological polar surface area (TPSA) is 67.9 Å². The molecule has 0 bridgehead atoms. The molecular weight excluding hydrogens is 272 g/mol. The number of nitrogens with zero attached hydrogens (tertiary/aromatic N) is 1. The lowest BCUT2D eigenvalue weighted by atomic mass is 10.1. The molecule has 1 heterocycles. The highest BCUT2D eigenvalue weighted by Crippen LogP contribution is 2.17. The molecule has 0 aliphatic carbocycles. The van der Waals surface area contributed by atoms with Gasteiger partial charge in [-0.25, -0.2) is 0 Å². The van der Waals surface area contributed by atoms with Crippen LogP contribution in [-0.4, -0.2) is 56.7 Å². The van der Waals surface area contributed by atoms with Crippen molar-refractivity contribution >= 4 is 11.8 Å². The van der Waals surface area contributed by atoms with Gasteiger partial charge in [0.2, 0.25) is 11.8 Å². The fourth-order valence-corrected chi connectivity index (χ4v) is 2.18. The largest absolute Gasteiger partial charge is 0.496 e. The fourth-order valence-electron chi connectivity index (χ4n) is 2.18. The Morgan fingerprint density at radius 1 is 1.29 bits per heavy atom. The Bertz CT molecular complexity index is 498. The lowest BCUT2D eigenvalue weighted by Gasteiger charge is -2.26. The molecule has 0 radical (unpaired) electrons. The maximum atomic E-state index is 11.9. The van der Waals surface area contributed by atoms with Crippen molar-refractivity contribution in [2.24, 2.45) is 0 Å². The molecule has 21 heavy (non-hydrogen) atoms. The minimum Gasteiger partial charge on any atom is -0.496 e. The zero-order valence-corrected chi connectivity index (χ0v) is 12.1. The molecule has 1 aromatic rings. The van der Waals surface area contributed by atoms with Crippen LogP contribution in [-0.2, 0) is 20.7 Å². The second-order valence-corrected chi connectivity index (χ2v) is 4.76. The van der Waals surface area contributed by atoms with Gasteiger partial charge in [0, 0.05) is 18.7 Å². The van der Waals surface area contributed by atoms with Crippen molar-refractivity contribution in [1.29, 1.82) is 0 Å². The Labute approximate surface area is 124 Å². The third kappa shape index (κ3) is 4.46. The number of hydrogen-bond donors (Lipinski definition) is 1. The molecular formula is C15H20N2O4. The first-order valence-electron chi connectivity index (χ1n) is 6.95. The summed E-state index contributed by atoms with van der Waals surface area (Å²) in [4.78, 5) is 25.5. The molecule has 1 aliphatic rings. The Morgan fingerprint density at radius 3 is 2.71 bits per heavy atom. The van der Waals surface area contributed by atoms with Crippen LogP contribution in [0.25, 0.3) is 0 Å². The normalized spacial score (nSPS) is 14.6. The Balaban J connectivity index is 1.80. The lowest BCUT2D eigenvalue weighted by Crippen LogP contribution is -2.45. The number of morpholine rings is 1. The zero-order chi connectivity index (χ0) is 15.1. The van der Waals surface area contributed by atoms with Gasteiger partial charge in [-0.3, -0.25) is 9.59 Å². The highest BCUT2D eigenvalue weighted by Gasteiger charge is 2.17. The van der Waals surface area contributed by atoms with Gasteiger partial charge in [-0.1, -0.05) is 18.2 Å². The molecule has 1 saturated heterocycles. The van der Waals surface area contributed by atoms with Gasteiger partial charge in [0.05, 0.1) is 33.3 Å². The van der Waals surface area contributed by atoms with Gasteiger partial charge in [0.15, 0.2) is 0 Å². The monoisotopic (exact) mass is 292 g/mol. The average molecular weight is 292 g/mol. The number of carbonyl (C=O) groups excluding carboxylic acids is 2. The predicted octanol–water partition coefficient (Wildman–Crippen LogP) is 0.213. The number of para-hydroxylation sites is 1. The first-order chi connectivity index (χ1) is 10.2. The maximum absolute atomic E-state index is 11.9. The van der Waals surface area contributed by atoms with Crippen molar-refractivity contribution in [3.63, 3.8) is 0 Å². The average Bonchev–Trinajstić information content (AvgIpc) is 2.54. The van der Waals surface area contributed by atoms with Crippen molar-refractivity contribution in [2.75, 3.05) is 40.0 Å². The third-order valence-electron chi connectivity index (χ3n) is 3.34. The lowest BCUT2D eigenvalue weighted by molar-refractivity contribution is -0.136. The summed E-state index contributed by atoms with van der Waals surface area (Å²) in [5, 5.41) is 2.65. The smallest absolute Gasteiger partial charge is 0.242 e. The molecule has 2 rings (SSSR count). The number of rotatable bonds is 5. The quantitative estimate of drug-likeness (QED) is 0.842. The minimum atomic E-state index is -0.193. The summed E-state index contributed by atoms with van der Waals surface area (Å²) in [6.07, 6.45) is 0.195. The molecule has 0 saturated carbocycles. The predicted molar refractivity (Wildman–Crippen MR) is 77.1 cm³/mol. The van der Waals surface area contributed by atoms with Gasteiger partial charge in [-0.05, 0) is 6.07 Å². The Morgan fingerprint density at radius 2 is 2.00 bits per heavy atom. The van der Waals surface area contributed by atoms with Crippen LogP contribution in [0.4, 0.5) is 0 Å². The molecule has 1 aromatic carbocycles. The number of benzene rings is 1. The summed E-state index contributed by atoms with van der Waals surface area (Å²) < 4.78 is 10.4. The van der Waals surface area contributed by atoms with Crippen LogP contribution in [0.3, 0.4) is 0 Å². The molecule has 0 unspecified atom stereocenters. The zero-order valence-electron chi connectivity index (χ0n) is 12.1. The summed E-state index contributed by atoms with van der Waals surface area (Å²) in [7, 11) is 1.57. The van der Waals surface area contributed by atoms with E-state index >= 15 is 0 Å². The summed E-state index contributed by atoms with van der Waals surface area (Å²) >= 11 is 0. The van der Waals surface area contributed by atoms with Gasteiger partial charge < -0.3 is 19.7 Å². The molecule has 0 aromatic heterocycles. The maximum Gasteiger partial charge on any atom is 0.242 e. The van der Waals surface area contributed by atoms with Crippen molar-refractivity contribution in [3.05, 3.63) is 29.8 Å². The van der Waals surface area contributed by atoms with Crippen molar-refractivity contribution in [3.8, 4) is 5.75 Å². The van der Waals surface area contributed by atoms with E-state index in [0.717, 1.165) is 5.56 Å². The molecule has 1 fully saturated rings. The summed E-state index contributed by atoms with van der Waals surface area (Å²) in [6.45, 7) is 2.30. The van der Waals surface area contributed by atoms with E-state index in [1.165, 1.54) is 0 Å². The number of ether oxygens (including phenoxy) is 2. The standard InChI is InChI=1S/C15H20N2O4/c1-20-13-5-3-2-4-12(13)10-14(18)16-11-15(19)17-6-8-21-9-7-17/h2-5H,6-11H2,1H3,(H,16,18). The van der Waals surface area contributed by atoms with Gasteiger partial charge in [0.25, 0.3) is 0 Å². The van der Waals surface area contributed by atoms with Crippen LogP contribution in [0.2, 0.25) is 0 Å². The van der Waals surface area contributed by atoms with Gasteiger partial charge in [-0.2, -0.15) is 0 Å². The number of nitrogens with one attached hydrogen (secondary N) is 1. The summed E-state index contributed by atoms with van der Waals surface area (Å²) in [6, 6.07) is 7.34. The van der Waals surface area contributed by atoms with Gasteiger partial charge in [-0.15, -0.1) is 0 Å². The van der Waals surface area contributed by atoms with Crippen LogP contribution in [0.1, 0.15) is 5.56 Å². The third-order valence-corrected chi connectivity index (χ3v) is 3.34. The highest BCUT2D eigenvalue weighted by atomic mass is 16.5. The second-order valence-electron chi connectivity index (χ2n) is 4.76. The second kappa shape index (κ2) is 7.64. The van der Waals surface area contributed by atoms with Crippen molar-refractivity contribution in [1.82, 2.24) is 10.2 Å². The molecule has 1 aliphatic heterocycles. The van der Waals surface area contributed by atoms with Crippen LogP contribution < -0.4 is 10.1 Å². The Kier molecular flexibility index (Phi) is 5.57. The molecule has 1 N–H and O–H groups in total. The van der Waals surface area contributed by atoms with Crippen molar-refractivity contribution < 1.29 is 19.1 Å². The van der Waals surface area contributed by atoms with Crippen LogP contribution in [0.5, 0.6) is 5.75 Å². The molecule has 0 spiro atoms. The SMILES string of the molecule is COc1ccccc1CC(=O)NCC(=O)N1CCOCC1. The fraction of sp³-hybridized carbons (Fsp3) is 0.467. The van der Waals surface area contributed by atoms with E-state index in [9.17, 15) is 9.59 Å². The number of hydrogen-bond acceptors (Lipinski definition) is 4. The van der Waals surface area contributed by atoms with Gasteiger partial charge in [0.1, 0.15) is 5.75 Å². The Hall–Kier alpha value is -2.08. The van der Waals surface area contributed by atoms with E-state index in [1.807, 2.05) is 24.3 Å². The van der Waals surface area contributed by atoms with Crippen LogP contribution >= 0.6 is 0 Å². The van der Waals surface area contributed by atoms with E-state index in [1.54, 1.807) is 12.0 Å². The number of carbonyl (C=O) groups is 2. The molecule has 6 nitrogen and oxygen atoms in total. The van der Waals surface area contributed by atoms with Crippen LogP contribution in [0.15, 0.2) is 24.3 Å². The summed E-state index contributed by atoms with van der Waals surface area (Å²) in [5.74, 6) is 0.403. The summed E-state index contributed by atoms with van der Waals surface area (Å²) in [5.41, 5.74) is 0.802. The van der Waals surface area contributed by atoms with E-state index in [0.29, 0.717) is 32.1 Å². The first kappa shape index (κ1) is 15.3. The molecule has 6 heteroatoms. The molecule has 2 amide bonds.